The topological polar surface area (TPSA) is 57.6 Å². The van der Waals surface area contributed by atoms with E-state index in [-0.39, 0.29) is 17.6 Å². The fourth-order valence-electron chi connectivity index (χ4n) is 2.49. The van der Waals surface area contributed by atoms with Gasteiger partial charge in [-0.15, -0.1) is 11.8 Å². The molecule has 0 aliphatic carbocycles. The first-order valence-corrected chi connectivity index (χ1v) is 8.20. The number of thioether (sulfide) groups is 1. The molecule has 1 aromatic carbocycles. The van der Waals surface area contributed by atoms with Crippen molar-refractivity contribution in [2.75, 3.05) is 13.1 Å². The molecular formula is C16H21NO3S. The maximum Gasteiger partial charge on any atom is 0.307 e. The van der Waals surface area contributed by atoms with Crippen LogP contribution in [0.5, 0.6) is 0 Å². The van der Waals surface area contributed by atoms with Gasteiger partial charge in [0.2, 0.25) is 5.91 Å². The highest BCUT2D eigenvalue weighted by molar-refractivity contribution is 8.00. The van der Waals surface area contributed by atoms with Crippen LogP contribution in [0.25, 0.3) is 0 Å². The summed E-state index contributed by atoms with van der Waals surface area (Å²) in [6.45, 7) is 3.69. The van der Waals surface area contributed by atoms with Crippen LogP contribution in [0.2, 0.25) is 0 Å². The Hall–Kier alpha value is -1.49. The molecule has 1 aromatic rings. The van der Waals surface area contributed by atoms with Crippen LogP contribution in [0, 0.1) is 0 Å². The zero-order chi connectivity index (χ0) is 15.2. The molecule has 4 nitrogen and oxygen atoms in total. The molecule has 0 aromatic heterocycles. The van der Waals surface area contributed by atoms with E-state index in [0.29, 0.717) is 0 Å². The molecule has 1 aliphatic heterocycles. The van der Waals surface area contributed by atoms with E-state index >= 15 is 0 Å². The average molecular weight is 307 g/mol. The summed E-state index contributed by atoms with van der Waals surface area (Å²) < 4.78 is 0. The van der Waals surface area contributed by atoms with Gasteiger partial charge in [0.15, 0.2) is 0 Å². The predicted molar refractivity (Wildman–Crippen MR) is 83.5 cm³/mol. The summed E-state index contributed by atoms with van der Waals surface area (Å²) in [5.74, 6) is -0.627. The minimum Gasteiger partial charge on any atom is -0.481 e. The molecule has 1 unspecified atom stereocenters. The third kappa shape index (κ3) is 4.77. The minimum atomic E-state index is -0.830. The van der Waals surface area contributed by atoms with Gasteiger partial charge in [-0.05, 0) is 43.9 Å². The molecule has 0 radical (unpaired) electrons. The molecule has 2 rings (SSSR count). The molecule has 5 heteroatoms. The number of hydrogen-bond donors (Lipinski definition) is 1. The number of carboxylic acid groups (broad SMARTS) is 1. The largest absolute Gasteiger partial charge is 0.481 e. The lowest BCUT2D eigenvalue weighted by Gasteiger charge is -2.29. The third-order valence-corrected chi connectivity index (χ3v) is 4.71. The Balaban J connectivity index is 1.90. The molecule has 1 aliphatic rings. The summed E-state index contributed by atoms with van der Waals surface area (Å²) in [4.78, 5) is 25.9. The van der Waals surface area contributed by atoms with E-state index < -0.39 is 5.97 Å². The van der Waals surface area contributed by atoms with Crippen LogP contribution < -0.4 is 0 Å². The number of aliphatic carboxylic acids is 1. The summed E-state index contributed by atoms with van der Waals surface area (Å²) in [5.41, 5.74) is 0.780. The Labute approximate surface area is 129 Å². The van der Waals surface area contributed by atoms with Crippen molar-refractivity contribution in [3.8, 4) is 0 Å². The number of carbonyl (C=O) groups excluding carboxylic acids is 1. The quantitative estimate of drug-likeness (QED) is 0.850. The Morgan fingerprint density at radius 2 is 1.81 bits per heavy atom. The zero-order valence-corrected chi connectivity index (χ0v) is 13.1. The summed E-state index contributed by atoms with van der Waals surface area (Å²) in [6, 6.07) is 7.41. The molecule has 0 bridgehead atoms. The number of hydrogen-bond acceptors (Lipinski definition) is 3. The monoisotopic (exact) mass is 307 g/mol. The lowest BCUT2D eigenvalue weighted by molar-refractivity contribution is -0.136. The van der Waals surface area contributed by atoms with Crippen LogP contribution in [-0.4, -0.2) is 40.2 Å². The standard InChI is InChI=1S/C16H21NO3S/c1-12(16(20)17-9-3-2-4-10-17)21-14-7-5-13(6-8-14)11-15(18)19/h5-8,12H,2-4,9-11H2,1H3,(H,18,19). The van der Waals surface area contributed by atoms with Gasteiger partial charge in [0.1, 0.15) is 0 Å². The molecule has 1 N–H and O–H groups in total. The second-order valence-electron chi connectivity index (χ2n) is 5.36. The number of amides is 1. The van der Waals surface area contributed by atoms with Gasteiger partial charge >= 0.3 is 5.97 Å². The predicted octanol–water partition coefficient (Wildman–Crippen LogP) is 2.81. The van der Waals surface area contributed by atoms with Crippen molar-refractivity contribution >= 4 is 23.6 Å². The van der Waals surface area contributed by atoms with Gasteiger partial charge in [-0.1, -0.05) is 12.1 Å². The summed E-state index contributed by atoms with van der Waals surface area (Å²) in [6.07, 6.45) is 3.46. The maximum absolute atomic E-state index is 12.3. The van der Waals surface area contributed by atoms with Gasteiger partial charge in [-0.25, -0.2) is 0 Å². The second kappa shape index (κ2) is 7.50. The number of carbonyl (C=O) groups is 2. The lowest BCUT2D eigenvalue weighted by atomic mass is 10.1. The van der Waals surface area contributed by atoms with E-state index in [9.17, 15) is 9.59 Å². The van der Waals surface area contributed by atoms with Gasteiger partial charge in [0.25, 0.3) is 0 Å². The highest BCUT2D eigenvalue weighted by Crippen LogP contribution is 2.25. The van der Waals surface area contributed by atoms with Crippen LogP contribution >= 0.6 is 11.8 Å². The van der Waals surface area contributed by atoms with Crippen molar-refractivity contribution < 1.29 is 14.7 Å². The summed E-state index contributed by atoms with van der Waals surface area (Å²) in [7, 11) is 0. The highest BCUT2D eigenvalue weighted by Gasteiger charge is 2.22. The Morgan fingerprint density at radius 3 is 2.38 bits per heavy atom. The molecule has 0 saturated carbocycles. The van der Waals surface area contributed by atoms with Crippen LogP contribution in [0.1, 0.15) is 31.7 Å². The first-order valence-electron chi connectivity index (χ1n) is 7.32. The first kappa shape index (κ1) is 15.9. The summed E-state index contributed by atoms with van der Waals surface area (Å²) in [5, 5.41) is 8.64. The lowest BCUT2D eigenvalue weighted by Crippen LogP contribution is -2.40. The number of piperidine rings is 1. The Morgan fingerprint density at radius 1 is 1.19 bits per heavy atom. The molecule has 1 heterocycles. The van der Waals surface area contributed by atoms with E-state index in [0.717, 1.165) is 36.4 Å². The van der Waals surface area contributed by atoms with Crippen molar-refractivity contribution in [1.82, 2.24) is 4.90 Å². The fourth-order valence-corrected chi connectivity index (χ4v) is 3.44. The van der Waals surface area contributed by atoms with E-state index in [2.05, 4.69) is 0 Å². The minimum absolute atomic E-state index is 0.0349. The third-order valence-electron chi connectivity index (χ3n) is 3.61. The molecule has 1 fully saturated rings. The van der Waals surface area contributed by atoms with Crippen LogP contribution in [0.4, 0.5) is 0 Å². The number of carboxylic acids is 1. The Bertz CT molecular complexity index is 495. The van der Waals surface area contributed by atoms with Gasteiger partial charge in [0.05, 0.1) is 11.7 Å². The van der Waals surface area contributed by atoms with Crippen molar-refractivity contribution in [3.05, 3.63) is 29.8 Å². The van der Waals surface area contributed by atoms with E-state index in [1.807, 2.05) is 36.1 Å². The number of rotatable bonds is 5. The molecule has 1 amide bonds. The van der Waals surface area contributed by atoms with Gasteiger partial charge < -0.3 is 10.0 Å². The van der Waals surface area contributed by atoms with E-state index in [4.69, 9.17) is 5.11 Å². The molecule has 1 atom stereocenters. The first-order chi connectivity index (χ1) is 10.1. The second-order valence-corrected chi connectivity index (χ2v) is 6.77. The Kier molecular flexibility index (Phi) is 5.67. The molecule has 1 saturated heterocycles. The molecular weight excluding hydrogens is 286 g/mol. The summed E-state index contributed by atoms with van der Waals surface area (Å²) >= 11 is 1.53. The van der Waals surface area contributed by atoms with Crippen LogP contribution in [0.3, 0.4) is 0 Å². The van der Waals surface area contributed by atoms with Crippen LogP contribution in [-0.2, 0) is 16.0 Å². The molecule has 21 heavy (non-hydrogen) atoms. The van der Waals surface area contributed by atoms with Crippen molar-refractivity contribution in [1.29, 1.82) is 0 Å². The van der Waals surface area contributed by atoms with E-state index in [1.165, 1.54) is 18.2 Å². The van der Waals surface area contributed by atoms with Crippen molar-refractivity contribution in [2.24, 2.45) is 0 Å². The normalized spacial score (nSPS) is 16.5. The average Bonchev–Trinajstić information content (AvgIpc) is 2.49. The van der Waals surface area contributed by atoms with Crippen molar-refractivity contribution in [3.63, 3.8) is 0 Å². The fraction of sp³-hybridized carbons (Fsp3) is 0.500. The molecule has 0 spiro atoms. The zero-order valence-electron chi connectivity index (χ0n) is 12.2. The van der Waals surface area contributed by atoms with E-state index in [1.54, 1.807) is 0 Å². The smallest absolute Gasteiger partial charge is 0.307 e. The number of benzene rings is 1. The van der Waals surface area contributed by atoms with Gasteiger partial charge in [-0.2, -0.15) is 0 Å². The van der Waals surface area contributed by atoms with Gasteiger partial charge in [-0.3, -0.25) is 9.59 Å². The maximum atomic E-state index is 12.3. The molecule has 114 valence electrons. The number of nitrogens with zero attached hydrogens (tertiary/aromatic N) is 1. The highest BCUT2D eigenvalue weighted by atomic mass is 32.2. The van der Waals surface area contributed by atoms with Crippen LogP contribution in [0.15, 0.2) is 29.2 Å². The van der Waals surface area contributed by atoms with Gasteiger partial charge in [0, 0.05) is 18.0 Å². The number of likely N-dealkylation sites (tertiary alicyclic amines) is 1. The van der Waals surface area contributed by atoms with Crippen molar-refractivity contribution in [2.45, 2.75) is 42.8 Å². The SMILES string of the molecule is CC(Sc1ccc(CC(=O)O)cc1)C(=O)N1CCCCC1.